The minimum atomic E-state index is -0.517. The van der Waals surface area contributed by atoms with Crippen molar-refractivity contribution in [1.29, 1.82) is 0 Å². The molecule has 0 unspecified atom stereocenters. The molecule has 0 aromatic heterocycles. The van der Waals surface area contributed by atoms with E-state index in [-0.39, 0.29) is 15.6 Å². The van der Waals surface area contributed by atoms with Crippen molar-refractivity contribution >= 4 is 52.2 Å². The molecular weight excluding hydrogens is 272 g/mol. The zero-order valence-corrected chi connectivity index (χ0v) is 9.95. The van der Waals surface area contributed by atoms with Crippen LogP contribution in [0.4, 0.5) is 0 Å². The molecule has 1 aromatic carbocycles. The summed E-state index contributed by atoms with van der Waals surface area (Å²) >= 11 is 17.6. The molecule has 1 N–H and O–H groups in total. The first-order valence-corrected chi connectivity index (χ1v) is 5.34. The van der Waals surface area contributed by atoms with Crippen molar-refractivity contribution in [3.05, 3.63) is 38.8 Å². The topological polar surface area (TPSA) is 46.2 Å². The van der Waals surface area contributed by atoms with E-state index < -0.39 is 11.8 Å². The van der Waals surface area contributed by atoms with Crippen molar-refractivity contribution in [3.8, 4) is 0 Å². The molecule has 1 aliphatic rings. The SMILES string of the molecule is O=C1C=C(c2c(Cl)cc(Cl)cc2Cl)C(=O)N1. The van der Waals surface area contributed by atoms with Crippen LogP contribution in [0.25, 0.3) is 5.57 Å². The Morgan fingerprint density at radius 1 is 1.00 bits per heavy atom. The predicted molar refractivity (Wildman–Crippen MR) is 62.6 cm³/mol. The Morgan fingerprint density at radius 2 is 1.56 bits per heavy atom. The van der Waals surface area contributed by atoms with E-state index in [1.54, 1.807) is 0 Å². The molecule has 1 aliphatic heterocycles. The minimum Gasteiger partial charge on any atom is -0.289 e. The maximum atomic E-state index is 11.4. The molecule has 82 valence electrons. The number of amides is 2. The lowest BCUT2D eigenvalue weighted by Crippen LogP contribution is -2.21. The summed E-state index contributed by atoms with van der Waals surface area (Å²) in [6.45, 7) is 0. The summed E-state index contributed by atoms with van der Waals surface area (Å²) in [6.07, 6.45) is 1.16. The first-order chi connectivity index (χ1) is 7.49. The van der Waals surface area contributed by atoms with Gasteiger partial charge in [-0.2, -0.15) is 0 Å². The van der Waals surface area contributed by atoms with Gasteiger partial charge >= 0.3 is 0 Å². The van der Waals surface area contributed by atoms with E-state index in [9.17, 15) is 9.59 Å². The van der Waals surface area contributed by atoms with Crippen molar-refractivity contribution in [2.75, 3.05) is 0 Å². The molecule has 0 bridgehead atoms. The lowest BCUT2D eigenvalue weighted by molar-refractivity contribution is -0.123. The van der Waals surface area contributed by atoms with Crippen LogP contribution >= 0.6 is 34.8 Å². The number of halogens is 3. The molecule has 0 atom stereocenters. The van der Waals surface area contributed by atoms with Crippen molar-refractivity contribution in [2.24, 2.45) is 0 Å². The van der Waals surface area contributed by atoms with E-state index in [0.29, 0.717) is 10.6 Å². The largest absolute Gasteiger partial charge is 0.289 e. The zero-order valence-electron chi connectivity index (χ0n) is 7.68. The van der Waals surface area contributed by atoms with Gasteiger partial charge in [0.25, 0.3) is 11.8 Å². The average Bonchev–Trinajstić information content (AvgIpc) is 2.43. The van der Waals surface area contributed by atoms with Crippen molar-refractivity contribution in [3.63, 3.8) is 0 Å². The highest BCUT2D eigenvalue weighted by Gasteiger charge is 2.25. The minimum absolute atomic E-state index is 0.150. The van der Waals surface area contributed by atoms with Gasteiger partial charge < -0.3 is 0 Å². The molecule has 0 spiro atoms. The van der Waals surface area contributed by atoms with Crippen LogP contribution in [0.1, 0.15) is 5.56 Å². The number of nitrogens with one attached hydrogen (secondary N) is 1. The second-order valence-electron chi connectivity index (χ2n) is 3.12. The highest BCUT2D eigenvalue weighted by molar-refractivity contribution is 6.44. The molecule has 2 amide bonds. The van der Waals surface area contributed by atoms with Crippen molar-refractivity contribution in [1.82, 2.24) is 5.32 Å². The van der Waals surface area contributed by atoms with Crippen molar-refractivity contribution < 1.29 is 9.59 Å². The summed E-state index contributed by atoms with van der Waals surface area (Å²) in [5, 5.41) is 2.94. The van der Waals surface area contributed by atoms with Crippen LogP contribution < -0.4 is 5.32 Å². The standard InChI is InChI=1S/C10H4Cl3NO2/c11-4-1-6(12)9(7(13)2-4)5-3-8(15)14-10(5)16/h1-3H,(H,14,15,16). The van der Waals surface area contributed by atoms with Gasteiger partial charge in [0.1, 0.15) is 0 Å². The summed E-state index contributed by atoms with van der Waals surface area (Å²) < 4.78 is 0. The normalized spacial score (nSPS) is 15.1. The van der Waals surface area contributed by atoms with Crippen LogP contribution in [0.5, 0.6) is 0 Å². The zero-order chi connectivity index (χ0) is 11.9. The summed E-state index contributed by atoms with van der Waals surface area (Å²) in [7, 11) is 0. The smallest absolute Gasteiger partial charge is 0.259 e. The van der Waals surface area contributed by atoms with Crippen LogP contribution in [0, 0.1) is 0 Å². The monoisotopic (exact) mass is 275 g/mol. The third-order valence-corrected chi connectivity index (χ3v) is 2.85. The lowest BCUT2D eigenvalue weighted by atomic mass is 10.1. The Morgan fingerprint density at radius 3 is 2.00 bits per heavy atom. The number of carbonyl (C=O) groups excluding carboxylic acids is 2. The Bertz CT molecular complexity index is 514. The van der Waals surface area contributed by atoms with E-state index in [2.05, 4.69) is 5.32 Å². The van der Waals surface area contributed by atoms with Crippen LogP contribution in [-0.4, -0.2) is 11.8 Å². The van der Waals surface area contributed by atoms with E-state index >= 15 is 0 Å². The molecule has 0 aliphatic carbocycles. The van der Waals surface area contributed by atoms with Crippen LogP contribution in [-0.2, 0) is 9.59 Å². The molecule has 16 heavy (non-hydrogen) atoms. The first kappa shape index (κ1) is 11.5. The molecule has 0 fully saturated rings. The van der Waals surface area contributed by atoms with Gasteiger partial charge in [0.2, 0.25) is 0 Å². The van der Waals surface area contributed by atoms with Crippen molar-refractivity contribution in [2.45, 2.75) is 0 Å². The van der Waals surface area contributed by atoms with Crippen LogP contribution in [0.2, 0.25) is 15.1 Å². The number of benzene rings is 1. The Labute approximate surface area is 106 Å². The Balaban J connectivity index is 2.61. The molecule has 6 heteroatoms. The van der Waals surface area contributed by atoms with Gasteiger partial charge in [-0.25, -0.2) is 0 Å². The quantitative estimate of drug-likeness (QED) is 0.802. The molecule has 1 aromatic rings. The number of rotatable bonds is 1. The summed E-state index contributed by atoms with van der Waals surface area (Å²) in [4.78, 5) is 22.4. The second kappa shape index (κ2) is 4.09. The number of hydrogen-bond acceptors (Lipinski definition) is 2. The third-order valence-electron chi connectivity index (χ3n) is 2.03. The highest BCUT2D eigenvalue weighted by atomic mass is 35.5. The van der Waals surface area contributed by atoms with E-state index in [4.69, 9.17) is 34.8 Å². The van der Waals surface area contributed by atoms with Gasteiger partial charge in [-0.3, -0.25) is 14.9 Å². The maximum absolute atomic E-state index is 11.4. The summed E-state index contributed by atoms with van der Waals surface area (Å²) in [6, 6.07) is 2.92. The fraction of sp³-hybridized carbons (Fsp3) is 0. The van der Waals surface area contributed by atoms with Crippen LogP contribution in [0.15, 0.2) is 18.2 Å². The van der Waals surface area contributed by atoms with Gasteiger partial charge in [0.05, 0.1) is 15.6 Å². The number of carbonyl (C=O) groups is 2. The fourth-order valence-corrected chi connectivity index (χ4v) is 2.42. The molecule has 3 nitrogen and oxygen atoms in total. The highest BCUT2D eigenvalue weighted by Crippen LogP contribution is 2.35. The van der Waals surface area contributed by atoms with E-state index in [0.717, 1.165) is 6.08 Å². The molecule has 2 rings (SSSR count). The Hall–Kier alpha value is -1.03. The predicted octanol–water partition coefficient (Wildman–Crippen LogP) is 2.69. The molecule has 1 heterocycles. The maximum Gasteiger partial charge on any atom is 0.259 e. The summed E-state index contributed by atoms with van der Waals surface area (Å²) in [5.41, 5.74) is 0.466. The molecule has 0 saturated heterocycles. The van der Waals surface area contributed by atoms with E-state index in [1.807, 2.05) is 0 Å². The fourth-order valence-electron chi connectivity index (χ4n) is 1.40. The summed E-state index contributed by atoms with van der Waals surface area (Å²) in [5.74, 6) is -1.00. The molecular formula is C10H4Cl3NO2. The number of imide groups is 1. The third kappa shape index (κ3) is 1.94. The van der Waals surface area contributed by atoms with Gasteiger partial charge in [-0.1, -0.05) is 34.8 Å². The molecule has 0 saturated carbocycles. The van der Waals surface area contributed by atoms with Gasteiger partial charge in [0.15, 0.2) is 0 Å². The van der Waals surface area contributed by atoms with Gasteiger partial charge in [0, 0.05) is 16.7 Å². The Kier molecular flexibility index (Phi) is 2.93. The van der Waals surface area contributed by atoms with E-state index in [1.165, 1.54) is 12.1 Å². The van der Waals surface area contributed by atoms with Gasteiger partial charge in [-0.05, 0) is 12.1 Å². The lowest BCUT2D eigenvalue weighted by Gasteiger charge is -2.06. The number of hydrogen-bond donors (Lipinski definition) is 1. The second-order valence-corrected chi connectivity index (χ2v) is 4.37. The first-order valence-electron chi connectivity index (χ1n) is 4.21. The van der Waals surface area contributed by atoms with Crippen LogP contribution in [0.3, 0.4) is 0 Å². The van der Waals surface area contributed by atoms with Gasteiger partial charge in [-0.15, -0.1) is 0 Å². The molecule has 0 radical (unpaired) electrons. The average molecular weight is 277 g/mol.